The fourth-order valence-corrected chi connectivity index (χ4v) is 4.07. The molecule has 0 aliphatic carbocycles. The van der Waals surface area contributed by atoms with Gasteiger partial charge in [0.1, 0.15) is 17.4 Å². The number of furan rings is 1. The summed E-state index contributed by atoms with van der Waals surface area (Å²) in [5.41, 5.74) is 1.49. The zero-order valence-corrected chi connectivity index (χ0v) is 20.0. The molecule has 3 rings (SSSR count). The third kappa shape index (κ3) is 7.24. The highest BCUT2D eigenvalue weighted by atomic mass is 16.3. The van der Waals surface area contributed by atoms with Gasteiger partial charge in [0, 0.05) is 24.2 Å². The minimum absolute atomic E-state index is 0.0313. The maximum atomic E-state index is 13.2. The molecule has 2 heterocycles. The molecule has 1 aliphatic rings. The minimum Gasteiger partial charge on any atom is -0.461 e. The average Bonchev–Trinajstić information content (AvgIpc) is 3.10. The molecule has 9 nitrogen and oxygen atoms in total. The predicted octanol–water partition coefficient (Wildman–Crippen LogP) is 3.66. The van der Waals surface area contributed by atoms with E-state index < -0.39 is 6.04 Å². The van der Waals surface area contributed by atoms with Crippen LogP contribution in [0.4, 0.5) is 5.69 Å². The smallest absolute Gasteiger partial charge is 0.247 e. The number of anilines is 1. The molecule has 1 saturated heterocycles. The number of unbranched alkanes of at least 4 members (excludes halogenated alkanes) is 3. The van der Waals surface area contributed by atoms with Crippen LogP contribution in [0.15, 0.2) is 33.7 Å². The van der Waals surface area contributed by atoms with Crippen LogP contribution >= 0.6 is 0 Å². The zero-order chi connectivity index (χ0) is 24.3. The van der Waals surface area contributed by atoms with Gasteiger partial charge in [0.05, 0.1) is 6.54 Å². The van der Waals surface area contributed by atoms with Gasteiger partial charge in [-0.15, -0.1) is 0 Å². The second-order valence-electron chi connectivity index (χ2n) is 8.63. The molecule has 0 spiro atoms. The van der Waals surface area contributed by atoms with Gasteiger partial charge >= 0.3 is 0 Å². The number of likely N-dealkylation sites (tertiary alicyclic amines) is 1. The van der Waals surface area contributed by atoms with Crippen LogP contribution in [0.3, 0.4) is 0 Å². The lowest BCUT2D eigenvalue weighted by molar-refractivity contribution is -0.136. The Hall–Kier alpha value is -3.54. The fourth-order valence-electron chi connectivity index (χ4n) is 4.07. The summed E-state index contributed by atoms with van der Waals surface area (Å²) < 4.78 is 5.60. The highest BCUT2D eigenvalue weighted by Crippen LogP contribution is 2.23. The lowest BCUT2D eigenvalue weighted by Crippen LogP contribution is -2.44. The Kier molecular flexibility index (Phi) is 9.32. The third-order valence-electron chi connectivity index (χ3n) is 5.80. The monoisotopic (exact) mass is 466 g/mol. The predicted molar refractivity (Wildman–Crippen MR) is 132 cm³/mol. The maximum absolute atomic E-state index is 13.2. The number of aryl methyl sites for hydroxylation is 1. The first kappa shape index (κ1) is 25.1. The summed E-state index contributed by atoms with van der Waals surface area (Å²) in [6.07, 6.45) is 8.40. The highest BCUT2D eigenvalue weighted by molar-refractivity contribution is 5.98. The van der Waals surface area contributed by atoms with E-state index in [1.807, 2.05) is 37.4 Å². The number of hydrogen-bond donors (Lipinski definition) is 3. The molecule has 0 bridgehead atoms. The van der Waals surface area contributed by atoms with Gasteiger partial charge in [0.25, 0.3) is 0 Å². The van der Waals surface area contributed by atoms with Crippen molar-refractivity contribution in [2.24, 2.45) is 4.99 Å². The van der Waals surface area contributed by atoms with Crippen molar-refractivity contribution in [3.05, 3.63) is 30.0 Å². The normalized spacial score (nSPS) is 16.7. The minimum atomic E-state index is -0.664. The number of amides is 2. The average molecular weight is 467 g/mol. The third-order valence-corrected chi connectivity index (χ3v) is 5.80. The van der Waals surface area contributed by atoms with Crippen molar-refractivity contribution in [2.45, 2.75) is 64.8 Å². The van der Waals surface area contributed by atoms with Crippen molar-refractivity contribution in [1.82, 2.24) is 15.5 Å². The van der Waals surface area contributed by atoms with Crippen LogP contribution < -0.4 is 16.0 Å². The summed E-state index contributed by atoms with van der Waals surface area (Å²) in [5.74, 6) is 0.665. The van der Waals surface area contributed by atoms with Crippen LogP contribution in [0, 0.1) is 18.4 Å². The Morgan fingerprint density at radius 3 is 2.91 bits per heavy atom. The first-order valence-corrected chi connectivity index (χ1v) is 12.1. The van der Waals surface area contributed by atoms with Gasteiger partial charge in [-0.05, 0) is 56.9 Å². The van der Waals surface area contributed by atoms with Gasteiger partial charge in [-0.2, -0.15) is 5.26 Å². The molecule has 2 amide bonds. The number of carbonyl (C=O) groups is 2. The van der Waals surface area contributed by atoms with E-state index in [4.69, 9.17) is 4.42 Å². The number of nitrogens with zero attached hydrogens (tertiary/aromatic N) is 3. The van der Waals surface area contributed by atoms with Crippen molar-refractivity contribution >= 4 is 34.4 Å². The SMILES string of the molecule is CCCCCCNC(=O)CN1CCCC[C@H](N=C(NC#N)Nc2ccc3oc(C)cc3c2)C1=O. The Balaban J connectivity index is 1.65. The van der Waals surface area contributed by atoms with Gasteiger partial charge in [0.2, 0.25) is 17.8 Å². The van der Waals surface area contributed by atoms with Gasteiger partial charge in [-0.3, -0.25) is 14.9 Å². The second kappa shape index (κ2) is 12.6. The summed E-state index contributed by atoms with van der Waals surface area (Å²) in [6.45, 7) is 5.22. The summed E-state index contributed by atoms with van der Waals surface area (Å²) in [6, 6.07) is 6.83. The van der Waals surface area contributed by atoms with Gasteiger partial charge < -0.3 is 20.0 Å². The number of aliphatic imine (C=N–C) groups is 1. The Morgan fingerprint density at radius 2 is 2.12 bits per heavy atom. The Labute approximate surface area is 200 Å². The lowest BCUT2D eigenvalue weighted by Gasteiger charge is -2.22. The van der Waals surface area contributed by atoms with E-state index in [-0.39, 0.29) is 24.3 Å². The molecule has 0 unspecified atom stereocenters. The van der Waals surface area contributed by atoms with Crippen LogP contribution in [0.2, 0.25) is 0 Å². The summed E-state index contributed by atoms with van der Waals surface area (Å²) in [5, 5.41) is 18.7. The van der Waals surface area contributed by atoms with E-state index in [0.717, 1.165) is 60.9 Å². The molecule has 1 aromatic carbocycles. The zero-order valence-electron chi connectivity index (χ0n) is 20.0. The Morgan fingerprint density at radius 1 is 1.26 bits per heavy atom. The first-order valence-electron chi connectivity index (χ1n) is 12.1. The molecule has 9 heteroatoms. The second-order valence-corrected chi connectivity index (χ2v) is 8.63. The van der Waals surface area contributed by atoms with E-state index in [9.17, 15) is 14.9 Å². The van der Waals surface area contributed by atoms with E-state index in [1.54, 1.807) is 4.90 Å². The van der Waals surface area contributed by atoms with E-state index >= 15 is 0 Å². The fraction of sp³-hybridized carbons (Fsp3) is 0.520. The number of rotatable bonds is 9. The lowest BCUT2D eigenvalue weighted by atomic mass is 10.1. The number of nitrogens with one attached hydrogen (secondary N) is 3. The molecular formula is C25H34N6O3. The van der Waals surface area contributed by atoms with Crippen LogP contribution in [-0.2, 0) is 9.59 Å². The molecule has 1 aliphatic heterocycles. The van der Waals surface area contributed by atoms with Gasteiger partial charge in [0.15, 0.2) is 6.19 Å². The van der Waals surface area contributed by atoms with Crippen LogP contribution in [-0.4, -0.2) is 48.3 Å². The molecule has 0 radical (unpaired) electrons. The van der Waals surface area contributed by atoms with Crippen molar-refractivity contribution in [3.63, 3.8) is 0 Å². The standard InChI is InChI=1S/C25H34N6O3/c1-3-4-5-7-12-27-23(32)16-31-13-8-6-9-21(24(31)33)30-25(28-17-26)29-20-10-11-22-19(15-20)14-18(2)34-22/h10-11,14-15,21H,3-9,12-13,16H2,1-2H3,(H,27,32)(H2,28,29,30)/t21-/m0/s1. The molecule has 3 N–H and O–H groups in total. The van der Waals surface area contributed by atoms with Crippen LogP contribution in [0.5, 0.6) is 0 Å². The van der Waals surface area contributed by atoms with Gasteiger partial charge in [-0.1, -0.05) is 26.2 Å². The summed E-state index contributed by atoms with van der Waals surface area (Å²) in [4.78, 5) is 31.6. The Bertz CT molecular complexity index is 1050. The molecule has 182 valence electrons. The number of benzene rings is 1. The largest absolute Gasteiger partial charge is 0.461 e. The van der Waals surface area contributed by atoms with Crippen molar-refractivity contribution in [2.75, 3.05) is 25.0 Å². The highest BCUT2D eigenvalue weighted by Gasteiger charge is 2.28. The number of hydrogen-bond acceptors (Lipinski definition) is 5. The molecule has 34 heavy (non-hydrogen) atoms. The maximum Gasteiger partial charge on any atom is 0.247 e. The van der Waals surface area contributed by atoms with Crippen LogP contribution in [0.25, 0.3) is 11.0 Å². The van der Waals surface area contributed by atoms with Crippen molar-refractivity contribution in [1.29, 1.82) is 5.26 Å². The number of carbonyl (C=O) groups excluding carboxylic acids is 2. The van der Waals surface area contributed by atoms with Crippen molar-refractivity contribution < 1.29 is 14.0 Å². The first-order chi connectivity index (χ1) is 16.5. The molecule has 2 aromatic rings. The molecule has 0 saturated carbocycles. The molecule has 1 aromatic heterocycles. The molecule has 1 atom stereocenters. The summed E-state index contributed by atoms with van der Waals surface area (Å²) >= 11 is 0. The van der Waals surface area contributed by atoms with E-state index in [0.29, 0.717) is 19.5 Å². The number of nitriles is 1. The van der Waals surface area contributed by atoms with E-state index in [1.165, 1.54) is 0 Å². The van der Waals surface area contributed by atoms with E-state index in [2.05, 4.69) is 27.9 Å². The number of fused-ring (bicyclic) bond motifs is 1. The molecular weight excluding hydrogens is 432 g/mol. The number of guanidine groups is 1. The quantitative estimate of drug-likeness (QED) is 0.170. The van der Waals surface area contributed by atoms with Crippen molar-refractivity contribution in [3.8, 4) is 6.19 Å². The molecule has 1 fully saturated rings. The van der Waals surface area contributed by atoms with Crippen LogP contribution in [0.1, 0.15) is 57.6 Å². The topological polar surface area (TPSA) is 123 Å². The van der Waals surface area contributed by atoms with Gasteiger partial charge in [-0.25, -0.2) is 4.99 Å². The summed E-state index contributed by atoms with van der Waals surface area (Å²) in [7, 11) is 0.